The molecule has 2 atom stereocenters. The number of carbonyl (C=O) groups excluding carboxylic acids is 1. The summed E-state index contributed by atoms with van der Waals surface area (Å²) in [5.41, 5.74) is -1.23. The number of carbonyl (C=O) groups is 2. The molecule has 214 valence electrons. The lowest BCUT2D eigenvalue weighted by molar-refractivity contribution is -0.192. The van der Waals surface area contributed by atoms with Crippen LogP contribution >= 0.6 is 11.6 Å². The molecule has 0 aromatic heterocycles. The highest BCUT2D eigenvalue weighted by atomic mass is 35.5. The Bertz CT molecular complexity index is 1170. The van der Waals surface area contributed by atoms with Crippen molar-refractivity contribution in [2.75, 3.05) is 25.0 Å². The Labute approximate surface area is 226 Å². The number of likely N-dealkylation sites (tertiary alicyclic amines) is 1. The van der Waals surface area contributed by atoms with Crippen LogP contribution in [0.4, 0.5) is 18.9 Å². The van der Waals surface area contributed by atoms with Crippen LogP contribution in [0, 0.1) is 0 Å². The lowest BCUT2D eigenvalue weighted by Gasteiger charge is -2.42. The second-order valence-electron chi connectivity index (χ2n) is 9.37. The number of ether oxygens (including phenoxy) is 3. The molecule has 0 aliphatic carbocycles. The number of aliphatic hydroxyl groups is 1. The highest BCUT2D eigenvalue weighted by Crippen LogP contribution is 2.45. The number of piperidine rings is 1. The van der Waals surface area contributed by atoms with E-state index in [1.54, 1.807) is 13.0 Å². The Kier molecular flexibility index (Phi) is 9.08. The number of amides is 1. The van der Waals surface area contributed by atoms with E-state index in [-0.39, 0.29) is 30.6 Å². The first-order valence-corrected chi connectivity index (χ1v) is 12.1. The highest BCUT2D eigenvalue weighted by molar-refractivity contribution is 6.20. The molecule has 2 heterocycles. The summed E-state index contributed by atoms with van der Waals surface area (Å²) in [6, 6.07) is 11.9. The van der Waals surface area contributed by atoms with E-state index in [2.05, 4.69) is 5.32 Å². The van der Waals surface area contributed by atoms with Crippen LogP contribution in [0.3, 0.4) is 0 Å². The summed E-state index contributed by atoms with van der Waals surface area (Å²) < 4.78 is 49.6. The van der Waals surface area contributed by atoms with Crippen LogP contribution in [0.1, 0.15) is 26.7 Å². The summed E-state index contributed by atoms with van der Waals surface area (Å²) in [5.74, 6) is -2.12. The van der Waals surface area contributed by atoms with Gasteiger partial charge < -0.3 is 34.8 Å². The molecule has 0 radical (unpaired) electrons. The van der Waals surface area contributed by atoms with E-state index in [0.29, 0.717) is 36.6 Å². The van der Waals surface area contributed by atoms with E-state index in [4.69, 9.17) is 35.7 Å². The lowest BCUT2D eigenvalue weighted by Crippen LogP contribution is -2.56. The van der Waals surface area contributed by atoms with Gasteiger partial charge >= 0.3 is 12.1 Å². The predicted octanol–water partition coefficient (Wildman–Crippen LogP) is 3.94. The van der Waals surface area contributed by atoms with Gasteiger partial charge in [0.15, 0.2) is 11.5 Å². The molecule has 4 N–H and O–H groups in total. The number of fused-ring (bicyclic) bond motifs is 1. The number of rotatable bonds is 6. The summed E-state index contributed by atoms with van der Waals surface area (Å²) >= 11 is 6.66. The zero-order valence-corrected chi connectivity index (χ0v) is 21.8. The van der Waals surface area contributed by atoms with Crippen LogP contribution in [0.25, 0.3) is 0 Å². The topological polar surface area (TPSA) is 138 Å². The SMILES string of the molecule is CC(=O)Nc1ccc(O)cc1OC[C@@](C)(O)CN1CCC2(C[C@@H]1Cl)Oc1ccccc1O2.O=C(O)C(F)(F)F. The number of aliphatic carboxylic acids is 1. The van der Waals surface area contributed by atoms with Gasteiger partial charge in [-0.1, -0.05) is 12.1 Å². The summed E-state index contributed by atoms with van der Waals surface area (Å²) in [5, 5.41) is 30.5. The molecule has 1 spiro atoms. The fraction of sp³-hybridized carbons (Fsp3) is 0.440. The number of anilines is 1. The molecule has 0 saturated carbocycles. The second-order valence-corrected chi connectivity index (χ2v) is 9.87. The smallest absolute Gasteiger partial charge is 0.490 e. The molecule has 1 fully saturated rings. The first-order valence-electron chi connectivity index (χ1n) is 11.7. The minimum Gasteiger partial charge on any atom is -0.508 e. The number of carboxylic acids is 1. The van der Waals surface area contributed by atoms with E-state index in [9.17, 15) is 28.2 Å². The van der Waals surface area contributed by atoms with Gasteiger partial charge in [0.2, 0.25) is 5.91 Å². The van der Waals surface area contributed by atoms with E-state index in [1.165, 1.54) is 19.1 Å². The Balaban J connectivity index is 0.000000532. The Morgan fingerprint density at radius 2 is 1.79 bits per heavy atom. The molecule has 1 amide bonds. The quantitative estimate of drug-likeness (QED) is 0.229. The minimum atomic E-state index is -5.08. The molecule has 14 heteroatoms. The van der Waals surface area contributed by atoms with Crippen molar-refractivity contribution in [3.05, 3.63) is 42.5 Å². The monoisotopic (exact) mass is 576 g/mol. The normalized spacial score (nSPS) is 19.4. The average molecular weight is 577 g/mol. The molecule has 1 saturated heterocycles. The van der Waals surface area contributed by atoms with Crippen molar-refractivity contribution in [1.29, 1.82) is 0 Å². The second kappa shape index (κ2) is 11.8. The number of para-hydroxylation sites is 2. The van der Waals surface area contributed by atoms with Crippen molar-refractivity contribution < 1.29 is 52.3 Å². The summed E-state index contributed by atoms with van der Waals surface area (Å²) in [4.78, 5) is 22.3. The average Bonchev–Trinajstić information content (AvgIpc) is 3.18. The van der Waals surface area contributed by atoms with E-state index >= 15 is 0 Å². The predicted molar refractivity (Wildman–Crippen MR) is 133 cm³/mol. The standard InChI is InChI=1S/C23H27ClN2O6.C2HF3O2/c1-15(27)25-17-8-7-16(28)11-20(17)30-14-22(2,29)13-26-10-9-23(12-21(26)24)31-18-5-3-4-6-19(18)32-23;3-2(4,5)1(6)7/h3-8,11,21,28-29H,9-10,12-14H2,1-2H3,(H,25,27);(H,6,7)/t21-,22+;/m1./s1. The number of β-amino-alcohol motifs (C(OH)–C–C–N with tert-alkyl or cyclic N) is 1. The van der Waals surface area contributed by atoms with Crippen molar-refractivity contribution in [2.45, 2.75) is 49.8 Å². The van der Waals surface area contributed by atoms with E-state index in [1.807, 2.05) is 29.2 Å². The first kappa shape index (κ1) is 30.1. The summed E-state index contributed by atoms with van der Waals surface area (Å²) in [6.45, 7) is 3.81. The summed E-state index contributed by atoms with van der Waals surface area (Å²) in [6.07, 6.45) is -4.04. The third kappa shape index (κ3) is 8.28. The maximum Gasteiger partial charge on any atom is 0.490 e. The summed E-state index contributed by atoms with van der Waals surface area (Å²) in [7, 11) is 0. The van der Waals surface area contributed by atoms with Crippen LogP contribution in [-0.4, -0.2) is 74.9 Å². The molecular formula is C25H28ClF3N2O8. The number of benzene rings is 2. The van der Waals surface area contributed by atoms with Gasteiger partial charge in [0, 0.05) is 32.5 Å². The number of halogens is 4. The van der Waals surface area contributed by atoms with Gasteiger partial charge in [0.05, 0.1) is 17.6 Å². The van der Waals surface area contributed by atoms with Gasteiger partial charge in [0.1, 0.15) is 23.7 Å². The van der Waals surface area contributed by atoms with Crippen LogP contribution < -0.4 is 19.5 Å². The van der Waals surface area contributed by atoms with Crippen molar-refractivity contribution in [3.63, 3.8) is 0 Å². The number of nitrogens with one attached hydrogen (secondary N) is 1. The Morgan fingerprint density at radius 3 is 2.31 bits per heavy atom. The first-order chi connectivity index (χ1) is 18.1. The number of phenolic OH excluding ortho intramolecular Hbond substituents is 1. The van der Waals surface area contributed by atoms with Gasteiger partial charge in [0.25, 0.3) is 5.79 Å². The maximum atomic E-state index is 11.4. The molecule has 2 aromatic rings. The third-order valence-corrected chi connectivity index (χ3v) is 6.13. The number of aromatic hydroxyl groups is 1. The fourth-order valence-corrected chi connectivity index (χ4v) is 4.39. The fourth-order valence-electron chi connectivity index (χ4n) is 3.99. The van der Waals surface area contributed by atoms with Crippen molar-refractivity contribution in [2.24, 2.45) is 0 Å². The van der Waals surface area contributed by atoms with Crippen LogP contribution in [0.15, 0.2) is 42.5 Å². The molecule has 0 unspecified atom stereocenters. The third-order valence-electron chi connectivity index (χ3n) is 5.70. The van der Waals surface area contributed by atoms with Gasteiger partial charge in [-0.3, -0.25) is 9.69 Å². The minimum absolute atomic E-state index is 0.00606. The Morgan fingerprint density at radius 1 is 1.21 bits per heavy atom. The molecule has 10 nitrogen and oxygen atoms in total. The molecule has 0 bridgehead atoms. The van der Waals surface area contributed by atoms with Crippen LogP contribution in [0.2, 0.25) is 0 Å². The van der Waals surface area contributed by atoms with Crippen LogP contribution in [-0.2, 0) is 9.59 Å². The number of carboxylic acid groups (broad SMARTS) is 1. The van der Waals surface area contributed by atoms with Crippen molar-refractivity contribution in [3.8, 4) is 23.0 Å². The van der Waals surface area contributed by atoms with E-state index < -0.39 is 29.0 Å². The number of hydrogen-bond acceptors (Lipinski definition) is 8. The molecule has 2 aliphatic heterocycles. The van der Waals surface area contributed by atoms with Gasteiger partial charge in [-0.05, 0) is 31.2 Å². The van der Waals surface area contributed by atoms with Crippen LogP contribution in [0.5, 0.6) is 23.0 Å². The van der Waals surface area contributed by atoms with Crippen molar-refractivity contribution in [1.82, 2.24) is 4.90 Å². The lowest BCUT2D eigenvalue weighted by atomic mass is 10.0. The number of alkyl halides is 4. The molecule has 4 rings (SSSR count). The zero-order chi connectivity index (χ0) is 29.0. The molecular weight excluding hydrogens is 549 g/mol. The van der Waals surface area contributed by atoms with E-state index in [0.717, 1.165) is 0 Å². The maximum absolute atomic E-state index is 11.4. The van der Waals surface area contributed by atoms with Gasteiger partial charge in [-0.2, -0.15) is 13.2 Å². The number of phenols is 1. The number of hydrogen-bond donors (Lipinski definition) is 4. The molecule has 2 aliphatic rings. The Hall–Kier alpha value is -3.42. The molecule has 2 aromatic carbocycles. The van der Waals surface area contributed by atoms with Crippen molar-refractivity contribution >= 4 is 29.2 Å². The zero-order valence-electron chi connectivity index (χ0n) is 21.0. The largest absolute Gasteiger partial charge is 0.508 e. The van der Waals surface area contributed by atoms with Gasteiger partial charge in [-0.15, -0.1) is 11.6 Å². The number of nitrogens with zero attached hydrogens (tertiary/aromatic N) is 1. The molecule has 39 heavy (non-hydrogen) atoms. The van der Waals surface area contributed by atoms with Gasteiger partial charge in [-0.25, -0.2) is 4.79 Å². The highest BCUT2D eigenvalue weighted by Gasteiger charge is 2.48.